The molecule has 0 spiro atoms. The molecule has 0 saturated carbocycles. The maximum Gasteiger partial charge on any atom is 0.252 e. The highest BCUT2D eigenvalue weighted by Gasteiger charge is 2.28. The van der Waals surface area contributed by atoms with Crippen LogP contribution in [0.2, 0.25) is 0 Å². The summed E-state index contributed by atoms with van der Waals surface area (Å²) in [5.74, 6) is 1.25. The third-order valence-electron chi connectivity index (χ3n) is 4.79. The van der Waals surface area contributed by atoms with Crippen molar-refractivity contribution in [3.8, 4) is 11.4 Å². The number of nitrogens with zero attached hydrogens (tertiary/aromatic N) is 4. The summed E-state index contributed by atoms with van der Waals surface area (Å²) in [6.45, 7) is 3.42. The molecule has 0 atom stereocenters. The minimum atomic E-state index is -3.34. The summed E-state index contributed by atoms with van der Waals surface area (Å²) in [5, 5.41) is 5.84. The van der Waals surface area contributed by atoms with E-state index in [9.17, 15) is 8.42 Å². The van der Waals surface area contributed by atoms with Crippen molar-refractivity contribution < 1.29 is 12.9 Å². The Kier molecular flexibility index (Phi) is 5.86. The summed E-state index contributed by atoms with van der Waals surface area (Å²) in [6, 6.07) is 13.2. The van der Waals surface area contributed by atoms with E-state index in [0.717, 1.165) is 31.6 Å². The highest BCUT2D eigenvalue weighted by atomic mass is 32.2. The lowest BCUT2D eigenvalue weighted by Gasteiger charge is -2.33. The smallest absolute Gasteiger partial charge is 0.252 e. The zero-order valence-corrected chi connectivity index (χ0v) is 17.0. The van der Waals surface area contributed by atoms with E-state index in [2.05, 4.69) is 15.0 Å². The van der Waals surface area contributed by atoms with Crippen LogP contribution in [0.15, 0.2) is 56.6 Å². The second-order valence-corrected chi connectivity index (χ2v) is 9.77. The Labute approximate surface area is 168 Å². The Balaban J connectivity index is 1.24. The van der Waals surface area contributed by atoms with Crippen LogP contribution in [0.4, 0.5) is 0 Å². The van der Waals surface area contributed by atoms with E-state index in [1.54, 1.807) is 21.8 Å². The first-order valence-electron chi connectivity index (χ1n) is 9.27. The van der Waals surface area contributed by atoms with Crippen LogP contribution in [0.3, 0.4) is 0 Å². The maximum absolute atomic E-state index is 12.6. The molecule has 3 heterocycles. The average molecular weight is 419 g/mol. The number of rotatable bonds is 7. The van der Waals surface area contributed by atoms with Gasteiger partial charge in [-0.25, -0.2) is 8.42 Å². The first-order chi connectivity index (χ1) is 13.6. The molecule has 0 N–H and O–H groups in total. The van der Waals surface area contributed by atoms with Gasteiger partial charge in [0.25, 0.3) is 10.0 Å². The van der Waals surface area contributed by atoms with Crippen LogP contribution < -0.4 is 0 Å². The van der Waals surface area contributed by atoms with Crippen molar-refractivity contribution in [1.29, 1.82) is 0 Å². The van der Waals surface area contributed by atoms with Crippen LogP contribution in [0.1, 0.15) is 12.3 Å². The number of aryl methyl sites for hydroxylation is 1. The number of sulfonamides is 1. The van der Waals surface area contributed by atoms with Crippen LogP contribution in [0, 0.1) is 0 Å². The number of benzene rings is 1. The lowest BCUT2D eigenvalue weighted by Crippen LogP contribution is -2.48. The van der Waals surface area contributed by atoms with E-state index in [0.29, 0.717) is 35.4 Å². The second-order valence-electron chi connectivity index (χ2n) is 6.66. The van der Waals surface area contributed by atoms with E-state index >= 15 is 0 Å². The minimum absolute atomic E-state index is 0.423. The molecule has 9 heteroatoms. The first kappa shape index (κ1) is 19.3. The van der Waals surface area contributed by atoms with Crippen LogP contribution in [-0.2, 0) is 16.4 Å². The molecule has 7 nitrogen and oxygen atoms in total. The first-order valence-corrected chi connectivity index (χ1v) is 11.6. The Bertz CT molecular complexity index is 979. The van der Waals surface area contributed by atoms with E-state index < -0.39 is 10.0 Å². The molecule has 1 aliphatic heterocycles. The molecule has 148 valence electrons. The molecule has 1 aromatic carbocycles. The standard InChI is InChI=1S/C19H22N4O3S2/c24-28(25,18-9-5-15-27-18)23-13-11-22(12-14-23)10-4-8-17-20-19(21-26-17)16-6-2-1-3-7-16/h1-3,5-7,9,15H,4,8,10-14H2. The minimum Gasteiger partial charge on any atom is -0.339 e. The summed E-state index contributed by atoms with van der Waals surface area (Å²) in [6.07, 6.45) is 1.61. The lowest BCUT2D eigenvalue weighted by atomic mass is 10.2. The van der Waals surface area contributed by atoms with Crippen LogP contribution in [-0.4, -0.2) is 60.5 Å². The van der Waals surface area contributed by atoms with Gasteiger partial charge in [0.15, 0.2) is 0 Å². The van der Waals surface area contributed by atoms with E-state index in [1.807, 2.05) is 30.3 Å². The highest BCUT2D eigenvalue weighted by molar-refractivity contribution is 7.91. The van der Waals surface area contributed by atoms with Crippen molar-refractivity contribution >= 4 is 21.4 Å². The fraction of sp³-hybridized carbons (Fsp3) is 0.368. The van der Waals surface area contributed by atoms with Gasteiger partial charge in [-0.15, -0.1) is 11.3 Å². The lowest BCUT2D eigenvalue weighted by molar-refractivity contribution is 0.185. The summed E-state index contributed by atoms with van der Waals surface area (Å²) >= 11 is 1.27. The van der Waals surface area contributed by atoms with Crippen molar-refractivity contribution in [1.82, 2.24) is 19.3 Å². The number of piperazine rings is 1. The third-order valence-corrected chi connectivity index (χ3v) is 8.06. The molecule has 1 fully saturated rings. The van der Waals surface area contributed by atoms with Gasteiger partial charge in [0, 0.05) is 38.2 Å². The monoisotopic (exact) mass is 418 g/mol. The van der Waals surface area contributed by atoms with Gasteiger partial charge in [0.05, 0.1) is 0 Å². The summed E-state index contributed by atoms with van der Waals surface area (Å²) in [4.78, 5) is 6.74. The summed E-state index contributed by atoms with van der Waals surface area (Å²) in [7, 11) is -3.34. The van der Waals surface area contributed by atoms with Gasteiger partial charge in [-0.05, 0) is 24.4 Å². The molecule has 0 amide bonds. The summed E-state index contributed by atoms with van der Waals surface area (Å²) < 4.78 is 32.5. The Hall–Kier alpha value is -2.07. The van der Waals surface area contributed by atoms with Gasteiger partial charge in [-0.1, -0.05) is 41.6 Å². The molecule has 0 unspecified atom stereocenters. The molecule has 0 aliphatic carbocycles. The molecule has 3 aromatic rings. The van der Waals surface area contributed by atoms with Crippen LogP contribution in [0.25, 0.3) is 11.4 Å². The topological polar surface area (TPSA) is 79.5 Å². The molecular formula is C19H22N4O3S2. The van der Waals surface area contributed by atoms with Gasteiger partial charge in [-0.3, -0.25) is 0 Å². The average Bonchev–Trinajstić information content (AvgIpc) is 3.42. The fourth-order valence-corrected chi connectivity index (χ4v) is 5.81. The molecule has 2 aromatic heterocycles. The Morgan fingerprint density at radius 2 is 1.82 bits per heavy atom. The van der Waals surface area contributed by atoms with Crippen molar-refractivity contribution in [3.05, 3.63) is 53.7 Å². The quantitative estimate of drug-likeness (QED) is 0.587. The van der Waals surface area contributed by atoms with Crippen molar-refractivity contribution in [2.45, 2.75) is 17.1 Å². The molecule has 28 heavy (non-hydrogen) atoms. The van der Waals surface area contributed by atoms with Gasteiger partial charge in [0.2, 0.25) is 11.7 Å². The van der Waals surface area contributed by atoms with Gasteiger partial charge >= 0.3 is 0 Å². The second kappa shape index (κ2) is 8.52. The van der Waals surface area contributed by atoms with E-state index in [4.69, 9.17) is 4.52 Å². The van der Waals surface area contributed by atoms with Gasteiger partial charge in [0.1, 0.15) is 4.21 Å². The van der Waals surface area contributed by atoms with Gasteiger partial charge in [-0.2, -0.15) is 9.29 Å². The van der Waals surface area contributed by atoms with E-state index in [-0.39, 0.29) is 0 Å². The van der Waals surface area contributed by atoms with Crippen LogP contribution >= 0.6 is 11.3 Å². The zero-order valence-electron chi connectivity index (χ0n) is 15.4. The number of hydrogen-bond acceptors (Lipinski definition) is 7. The fourth-order valence-electron chi connectivity index (χ4n) is 3.25. The number of hydrogen-bond donors (Lipinski definition) is 0. The molecule has 1 saturated heterocycles. The largest absolute Gasteiger partial charge is 0.339 e. The molecule has 0 bridgehead atoms. The third kappa shape index (κ3) is 4.33. The van der Waals surface area contributed by atoms with Crippen molar-refractivity contribution in [3.63, 3.8) is 0 Å². The van der Waals surface area contributed by atoms with Gasteiger partial charge < -0.3 is 9.42 Å². The zero-order chi connectivity index (χ0) is 19.4. The van der Waals surface area contributed by atoms with E-state index in [1.165, 1.54) is 11.3 Å². The predicted molar refractivity (Wildman–Crippen MR) is 108 cm³/mol. The molecule has 4 rings (SSSR count). The normalized spacial score (nSPS) is 16.4. The van der Waals surface area contributed by atoms with Crippen molar-refractivity contribution in [2.75, 3.05) is 32.7 Å². The molecule has 1 aliphatic rings. The summed E-state index contributed by atoms with van der Waals surface area (Å²) in [5.41, 5.74) is 0.945. The highest BCUT2D eigenvalue weighted by Crippen LogP contribution is 2.22. The maximum atomic E-state index is 12.6. The predicted octanol–water partition coefficient (Wildman–Crippen LogP) is 2.74. The van der Waals surface area contributed by atoms with Crippen molar-refractivity contribution in [2.24, 2.45) is 0 Å². The SMILES string of the molecule is O=S(=O)(c1cccs1)N1CCN(CCCc2nc(-c3ccccc3)no2)CC1. The van der Waals surface area contributed by atoms with Crippen LogP contribution in [0.5, 0.6) is 0 Å². The molecule has 0 radical (unpaired) electrons. The number of aromatic nitrogens is 2. The Morgan fingerprint density at radius 1 is 1.04 bits per heavy atom. The Morgan fingerprint density at radius 3 is 2.54 bits per heavy atom. The molecular weight excluding hydrogens is 396 g/mol. The number of thiophene rings is 1.